The molecule has 0 atom stereocenters. The molecular formula is C17H24N2O3. The molecule has 2 amide bonds. The van der Waals surface area contributed by atoms with Gasteiger partial charge in [0.15, 0.2) is 0 Å². The van der Waals surface area contributed by atoms with Gasteiger partial charge >= 0.3 is 0 Å². The largest absolute Gasteiger partial charge is 0.496 e. The topological polar surface area (TPSA) is 67.4 Å². The number of para-hydroxylation sites is 1. The van der Waals surface area contributed by atoms with Crippen molar-refractivity contribution in [2.45, 2.75) is 32.6 Å². The molecule has 1 aromatic rings. The molecule has 0 heterocycles. The highest BCUT2D eigenvalue weighted by Gasteiger charge is 2.56. The summed E-state index contributed by atoms with van der Waals surface area (Å²) in [4.78, 5) is 24.3. The Hall–Kier alpha value is -2.04. The number of hydrogen-bond donors (Lipinski definition) is 2. The second kappa shape index (κ2) is 7.29. The van der Waals surface area contributed by atoms with Crippen LogP contribution < -0.4 is 15.4 Å². The summed E-state index contributed by atoms with van der Waals surface area (Å²) in [5.41, 5.74) is 0.223. The van der Waals surface area contributed by atoms with E-state index in [2.05, 4.69) is 10.6 Å². The number of amides is 2. The van der Waals surface area contributed by atoms with E-state index in [1.807, 2.05) is 31.2 Å². The number of rotatable bonds is 8. The minimum absolute atomic E-state index is 0.135. The smallest absolute Gasteiger partial charge is 0.235 e. The van der Waals surface area contributed by atoms with Crippen molar-refractivity contribution in [2.24, 2.45) is 5.41 Å². The third-order valence-electron chi connectivity index (χ3n) is 4.03. The molecule has 1 saturated carbocycles. The maximum Gasteiger partial charge on any atom is 0.235 e. The average Bonchev–Trinajstić information content (AvgIpc) is 3.34. The third-order valence-corrected chi connectivity index (χ3v) is 4.03. The summed E-state index contributed by atoms with van der Waals surface area (Å²) in [5.74, 6) is 0.527. The van der Waals surface area contributed by atoms with Crippen LogP contribution in [0.25, 0.3) is 0 Å². The summed E-state index contributed by atoms with van der Waals surface area (Å²) in [6.07, 6.45) is 2.84. The Morgan fingerprint density at radius 1 is 1.14 bits per heavy atom. The highest BCUT2D eigenvalue weighted by molar-refractivity contribution is 6.07. The van der Waals surface area contributed by atoms with Gasteiger partial charge in [0.25, 0.3) is 0 Å². The van der Waals surface area contributed by atoms with Gasteiger partial charge in [-0.05, 0) is 37.3 Å². The SMILES string of the molecule is CCCNC(=O)C1(C(=O)NCCc2ccccc2OC)CC1. The standard InChI is InChI=1S/C17H24N2O3/c1-3-11-18-15(20)17(9-10-17)16(21)19-12-8-13-6-4-5-7-14(13)22-2/h4-7H,3,8-12H2,1-2H3,(H,18,20)(H,19,21). The normalized spacial score (nSPS) is 15.0. The first kappa shape index (κ1) is 16.3. The Bertz CT molecular complexity index is 538. The number of carbonyl (C=O) groups excluding carboxylic acids is 2. The molecule has 2 rings (SSSR count). The molecule has 1 aliphatic rings. The van der Waals surface area contributed by atoms with Gasteiger partial charge in [0.1, 0.15) is 11.2 Å². The Balaban J connectivity index is 1.84. The van der Waals surface area contributed by atoms with E-state index in [9.17, 15) is 9.59 Å². The minimum Gasteiger partial charge on any atom is -0.496 e. The molecule has 0 unspecified atom stereocenters. The number of benzene rings is 1. The van der Waals surface area contributed by atoms with Crippen LogP contribution in [0.3, 0.4) is 0 Å². The van der Waals surface area contributed by atoms with Gasteiger partial charge < -0.3 is 15.4 Å². The van der Waals surface area contributed by atoms with E-state index in [-0.39, 0.29) is 11.8 Å². The zero-order valence-corrected chi connectivity index (χ0v) is 13.3. The van der Waals surface area contributed by atoms with Crippen molar-refractivity contribution in [1.29, 1.82) is 0 Å². The molecule has 120 valence electrons. The lowest BCUT2D eigenvalue weighted by molar-refractivity contribution is -0.137. The summed E-state index contributed by atoms with van der Waals surface area (Å²) in [7, 11) is 1.63. The van der Waals surface area contributed by atoms with E-state index >= 15 is 0 Å². The van der Waals surface area contributed by atoms with Gasteiger partial charge in [-0.25, -0.2) is 0 Å². The second-order valence-corrected chi connectivity index (χ2v) is 5.66. The van der Waals surface area contributed by atoms with Crippen LogP contribution in [0.1, 0.15) is 31.7 Å². The molecule has 0 bridgehead atoms. The van der Waals surface area contributed by atoms with E-state index in [1.165, 1.54) is 0 Å². The molecule has 5 heteroatoms. The fourth-order valence-electron chi connectivity index (χ4n) is 2.48. The molecule has 0 saturated heterocycles. The van der Waals surface area contributed by atoms with E-state index in [1.54, 1.807) is 7.11 Å². The van der Waals surface area contributed by atoms with Gasteiger partial charge in [0.05, 0.1) is 7.11 Å². The first-order valence-corrected chi connectivity index (χ1v) is 7.82. The quantitative estimate of drug-likeness (QED) is 0.718. The summed E-state index contributed by atoms with van der Waals surface area (Å²) in [6, 6.07) is 7.74. The zero-order chi connectivity index (χ0) is 16.0. The second-order valence-electron chi connectivity index (χ2n) is 5.66. The van der Waals surface area contributed by atoms with Crippen LogP contribution in [0.2, 0.25) is 0 Å². The number of ether oxygens (including phenoxy) is 1. The summed E-state index contributed by atoms with van der Waals surface area (Å²) in [5, 5.41) is 5.71. The van der Waals surface area contributed by atoms with Gasteiger partial charge in [-0.15, -0.1) is 0 Å². The first-order valence-electron chi connectivity index (χ1n) is 7.82. The summed E-state index contributed by atoms with van der Waals surface area (Å²) in [6.45, 7) is 3.12. The molecule has 1 fully saturated rings. The molecule has 2 N–H and O–H groups in total. The molecule has 22 heavy (non-hydrogen) atoms. The lowest BCUT2D eigenvalue weighted by atomic mass is 10.0. The number of hydrogen-bond acceptors (Lipinski definition) is 3. The molecule has 5 nitrogen and oxygen atoms in total. The van der Waals surface area contributed by atoms with Crippen LogP contribution in [0, 0.1) is 5.41 Å². The predicted octanol–water partition coefficient (Wildman–Crippen LogP) is 1.66. The maximum absolute atomic E-state index is 12.3. The van der Waals surface area contributed by atoms with Crippen LogP contribution in [0.5, 0.6) is 5.75 Å². The van der Waals surface area contributed by atoms with Crippen molar-refractivity contribution in [2.75, 3.05) is 20.2 Å². The Morgan fingerprint density at radius 3 is 2.36 bits per heavy atom. The van der Waals surface area contributed by atoms with Crippen LogP contribution in [0.4, 0.5) is 0 Å². The fourth-order valence-corrected chi connectivity index (χ4v) is 2.48. The molecule has 0 radical (unpaired) electrons. The van der Waals surface area contributed by atoms with Crippen LogP contribution in [0.15, 0.2) is 24.3 Å². The van der Waals surface area contributed by atoms with Crippen molar-refractivity contribution in [3.05, 3.63) is 29.8 Å². The Labute approximate surface area is 131 Å². The van der Waals surface area contributed by atoms with Gasteiger partial charge in [0, 0.05) is 13.1 Å². The van der Waals surface area contributed by atoms with Crippen molar-refractivity contribution >= 4 is 11.8 Å². The molecule has 0 spiro atoms. The maximum atomic E-state index is 12.3. The molecular weight excluding hydrogens is 280 g/mol. The molecule has 0 aromatic heterocycles. The Morgan fingerprint density at radius 2 is 1.77 bits per heavy atom. The van der Waals surface area contributed by atoms with Gasteiger partial charge in [-0.2, -0.15) is 0 Å². The van der Waals surface area contributed by atoms with Crippen molar-refractivity contribution in [1.82, 2.24) is 10.6 Å². The minimum atomic E-state index is -0.823. The fraction of sp³-hybridized carbons (Fsp3) is 0.529. The van der Waals surface area contributed by atoms with E-state index in [0.717, 1.165) is 17.7 Å². The zero-order valence-electron chi connectivity index (χ0n) is 13.3. The van der Waals surface area contributed by atoms with Crippen molar-refractivity contribution in [3.63, 3.8) is 0 Å². The van der Waals surface area contributed by atoms with Crippen molar-refractivity contribution in [3.8, 4) is 5.75 Å². The van der Waals surface area contributed by atoms with Crippen molar-refractivity contribution < 1.29 is 14.3 Å². The number of methoxy groups -OCH3 is 1. The lowest BCUT2D eigenvalue weighted by Gasteiger charge is -2.15. The number of carbonyl (C=O) groups is 2. The van der Waals surface area contributed by atoms with Crippen LogP contribution >= 0.6 is 0 Å². The van der Waals surface area contributed by atoms with Gasteiger partial charge in [-0.3, -0.25) is 9.59 Å². The number of nitrogens with one attached hydrogen (secondary N) is 2. The summed E-state index contributed by atoms with van der Waals surface area (Å²) < 4.78 is 5.29. The van der Waals surface area contributed by atoms with Crippen LogP contribution in [-0.2, 0) is 16.0 Å². The Kier molecular flexibility index (Phi) is 5.41. The van der Waals surface area contributed by atoms with Gasteiger partial charge in [-0.1, -0.05) is 25.1 Å². The highest BCUT2D eigenvalue weighted by atomic mass is 16.5. The monoisotopic (exact) mass is 304 g/mol. The van der Waals surface area contributed by atoms with E-state index in [4.69, 9.17) is 4.74 Å². The molecule has 1 aromatic carbocycles. The highest BCUT2D eigenvalue weighted by Crippen LogP contribution is 2.46. The first-order chi connectivity index (χ1) is 10.6. The average molecular weight is 304 g/mol. The molecule has 0 aliphatic heterocycles. The van der Waals surface area contributed by atoms with Crippen LogP contribution in [-0.4, -0.2) is 32.0 Å². The third kappa shape index (κ3) is 3.59. The van der Waals surface area contributed by atoms with E-state index < -0.39 is 5.41 Å². The lowest BCUT2D eigenvalue weighted by Crippen LogP contribution is -2.43. The van der Waals surface area contributed by atoms with Gasteiger partial charge in [0.2, 0.25) is 11.8 Å². The molecule has 1 aliphatic carbocycles. The van der Waals surface area contributed by atoms with E-state index in [0.29, 0.717) is 32.4 Å². The predicted molar refractivity (Wildman–Crippen MR) is 84.7 cm³/mol. The summed E-state index contributed by atoms with van der Waals surface area (Å²) >= 11 is 0.